The van der Waals surface area contributed by atoms with Crippen LogP contribution in [0, 0.1) is 0 Å². The average Bonchev–Trinajstić information content (AvgIpc) is 3.42. The predicted molar refractivity (Wildman–Crippen MR) is 121 cm³/mol. The second-order valence-electron chi connectivity index (χ2n) is 8.70. The summed E-state index contributed by atoms with van der Waals surface area (Å²) in [6, 6.07) is 2.07. The Bertz CT molecular complexity index is 1100. The fourth-order valence-corrected chi connectivity index (χ4v) is 4.72. The first-order valence-electron chi connectivity index (χ1n) is 10.9. The van der Waals surface area contributed by atoms with Gasteiger partial charge in [-0.05, 0) is 32.8 Å². The van der Waals surface area contributed by atoms with Gasteiger partial charge in [0, 0.05) is 42.3 Å². The monoisotopic (exact) mass is 484 g/mol. The minimum atomic E-state index is -4.97. The Morgan fingerprint density at radius 2 is 1.91 bits per heavy atom. The molecule has 0 aliphatic carbocycles. The predicted octanol–water partition coefficient (Wildman–Crippen LogP) is 5.04. The molecule has 11 heteroatoms. The molecule has 7 nitrogen and oxygen atoms in total. The van der Waals surface area contributed by atoms with Gasteiger partial charge in [-0.1, -0.05) is 13.8 Å². The molecule has 0 amide bonds. The van der Waals surface area contributed by atoms with Crippen LogP contribution in [0.4, 0.5) is 19.2 Å². The van der Waals surface area contributed by atoms with E-state index in [1.165, 1.54) is 31.3 Å². The van der Waals surface area contributed by atoms with Crippen molar-refractivity contribution in [3.05, 3.63) is 23.2 Å². The number of thiazole rings is 1. The van der Waals surface area contributed by atoms with E-state index in [1.54, 1.807) is 11.6 Å². The summed E-state index contributed by atoms with van der Waals surface area (Å²) in [6.45, 7) is 8.17. The molecule has 1 aromatic carbocycles. The number of nitrogens with zero attached hydrogens (tertiary/aromatic N) is 3. The van der Waals surface area contributed by atoms with Crippen molar-refractivity contribution in [1.29, 1.82) is 0 Å². The molecule has 1 aliphatic heterocycles. The first kappa shape index (κ1) is 23.8. The maximum absolute atomic E-state index is 13.4. The number of nitrogens with one attached hydrogen (secondary N) is 1. The van der Waals surface area contributed by atoms with Crippen molar-refractivity contribution in [1.82, 2.24) is 15.3 Å². The summed E-state index contributed by atoms with van der Waals surface area (Å²) in [5.41, 5.74) is -1.16. The zero-order chi connectivity index (χ0) is 24.0. The maximum atomic E-state index is 13.4. The number of aromatic nitrogens is 2. The van der Waals surface area contributed by atoms with E-state index in [4.69, 9.17) is 4.42 Å². The molecule has 1 saturated heterocycles. The summed E-state index contributed by atoms with van der Waals surface area (Å²) in [6.07, 6.45) is -1.59. The maximum Gasteiger partial charge on any atom is 0.573 e. The van der Waals surface area contributed by atoms with E-state index >= 15 is 0 Å². The second kappa shape index (κ2) is 8.77. The van der Waals surface area contributed by atoms with E-state index in [0.29, 0.717) is 23.7 Å². The quantitative estimate of drug-likeness (QED) is 0.507. The Labute approximate surface area is 193 Å². The summed E-state index contributed by atoms with van der Waals surface area (Å²) in [7, 11) is 0. The van der Waals surface area contributed by atoms with Crippen molar-refractivity contribution >= 4 is 28.5 Å². The number of hydrogen-bond acceptors (Lipinski definition) is 8. The van der Waals surface area contributed by atoms with E-state index in [0.717, 1.165) is 12.8 Å². The summed E-state index contributed by atoms with van der Waals surface area (Å²) in [4.78, 5) is 10.7. The van der Waals surface area contributed by atoms with Gasteiger partial charge in [0.05, 0.1) is 11.2 Å². The molecule has 1 aliphatic rings. The summed E-state index contributed by atoms with van der Waals surface area (Å²) in [5, 5.41) is 16.6. The number of anilines is 1. The third-order valence-electron chi connectivity index (χ3n) is 5.76. The van der Waals surface area contributed by atoms with E-state index in [-0.39, 0.29) is 34.8 Å². The van der Waals surface area contributed by atoms with Crippen LogP contribution in [0.2, 0.25) is 0 Å². The first-order chi connectivity index (χ1) is 15.5. The standard InChI is InChI=1S/C22H27F3N4O3S/c1-5-12-10-29(11-13(6-2)27-12)20-28-16-17(31-20)14(19-26-7-8-33-19)9-15(21(3,4)30)18(16)32-22(23,24)25/h7-9,12-13,27,30H,5-6,10-11H2,1-4H3. The summed E-state index contributed by atoms with van der Waals surface area (Å²) >= 11 is 1.31. The Morgan fingerprint density at radius 3 is 2.42 bits per heavy atom. The minimum Gasteiger partial charge on any atom is -0.422 e. The van der Waals surface area contributed by atoms with E-state index in [1.807, 2.05) is 4.90 Å². The Morgan fingerprint density at radius 1 is 1.24 bits per heavy atom. The highest BCUT2D eigenvalue weighted by molar-refractivity contribution is 7.13. The highest BCUT2D eigenvalue weighted by Crippen LogP contribution is 2.45. The molecule has 2 atom stereocenters. The lowest BCUT2D eigenvalue weighted by Crippen LogP contribution is -2.56. The number of aliphatic hydroxyl groups is 1. The fourth-order valence-electron chi connectivity index (χ4n) is 4.07. The topological polar surface area (TPSA) is 83.7 Å². The number of halogens is 3. The van der Waals surface area contributed by atoms with Gasteiger partial charge in [0.15, 0.2) is 16.8 Å². The molecular weight excluding hydrogens is 457 g/mol. The third kappa shape index (κ3) is 4.95. The van der Waals surface area contributed by atoms with Gasteiger partial charge >= 0.3 is 6.36 Å². The summed E-state index contributed by atoms with van der Waals surface area (Å²) in [5.74, 6) is -0.561. The highest BCUT2D eigenvalue weighted by Gasteiger charge is 2.38. The van der Waals surface area contributed by atoms with Crippen LogP contribution in [0.5, 0.6) is 5.75 Å². The van der Waals surface area contributed by atoms with E-state index in [9.17, 15) is 18.3 Å². The van der Waals surface area contributed by atoms with Crippen LogP contribution in [-0.2, 0) is 5.60 Å². The van der Waals surface area contributed by atoms with Gasteiger partial charge in [0.25, 0.3) is 6.01 Å². The molecular formula is C22H27F3N4O3S. The Kier molecular flexibility index (Phi) is 6.32. The number of fused-ring (bicyclic) bond motifs is 1. The van der Waals surface area contributed by atoms with Gasteiger partial charge in [-0.15, -0.1) is 24.5 Å². The average molecular weight is 485 g/mol. The van der Waals surface area contributed by atoms with Crippen LogP contribution in [0.15, 0.2) is 22.1 Å². The van der Waals surface area contributed by atoms with Crippen molar-refractivity contribution in [3.63, 3.8) is 0 Å². The third-order valence-corrected chi connectivity index (χ3v) is 6.56. The lowest BCUT2D eigenvalue weighted by atomic mass is 9.94. The molecule has 0 spiro atoms. The molecule has 2 aromatic heterocycles. The molecule has 1 fully saturated rings. The number of hydrogen-bond donors (Lipinski definition) is 2. The Hall–Kier alpha value is -2.37. The van der Waals surface area contributed by atoms with E-state index < -0.39 is 17.7 Å². The van der Waals surface area contributed by atoms with Gasteiger partial charge in [0.1, 0.15) is 5.01 Å². The van der Waals surface area contributed by atoms with Crippen molar-refractivity contribution < 1.29 is 27.4 Å². The molecule has 3 heterocycles. The number of ether oxygens (including phenoxy) is 1. The van der Waals surface area contributed by atoms with Crippen LogP contribution >= 0.6 is 11.3 Å². The van der Waals surface area contributed by atoms with Crippen molar-refractivity contribution in [2.75, 3.05) is 18.0 Å². The first-order valence-corrected chi connectivity index (χ1v) is 11.7. The molecule has 3 aromatic rings. The van der Waals surface area contributed by atoms with Gasteiger partial charge in [-0.2, -0.15) is 4.98 Å². The number of alkyl halides is 3. The van der Waals surface area contributed by atoms with Crippen molar-refractivity contribution in [3.8, 4) is 16.3 Å². The van der Waals surface area contributed by atoms with E-state index in [2.05, 4.69) is 33.9 Å². The van der Waals surface area contributed by atoms with Crippen LogP contribution in [0.3, 0.4) is 0 Å². The zero-order valence-corrected chi connectivity index (χ0v) is 19.7. The lowest BCUT2D eigenvalue weighted by molar-refractivity contribution is -0.274. The van der Waals surface area contributed by atoms with Crippen LogP contribution in [-0.4, -0.2) is 46.6 Å². The smallest absolute Gasteiger partial charge is 0.422 e. The zero-order valence-electron chi connectivity index (χ0n) is 18.9. The molecule has 0 bridgehead atoms. The van der Waals surface area contributed by atoms with Crippen LogP contribution < -0.4 is 15.0 Å². The van der Waals surface area contributed by atoms with Gasteiger partial charge in [0.2, 0.25) is 0 Å². The van der Waals surface area contributed by atoms with Crippen molar-refractivity contribution in [2.45, 2.75) is 64.6 Å². The molecule has 2 unspecified atom stereocenters. The molecule has 2 N–H and O–H groups in total. The molecule has 0 saturated carbocycles. The molecule has 0 radical (unpaired) electrons. The normalized spacial score (nSPS) is 19.9. The number of piperazine rings is 1. The van der Waals surface area contributed by atoms with Crippen molar-refractivity contribution in [2.24, 2.45) is 0 Å². The van der Waals surface area contributed by atoms with Crippen LogP contribution in [0.25, 0.3) is 21.7 Å². The minimum absolute atomic E-state index is 0.0458. The van der Waals surface area contributed by atoms with Gasteiger partial charge < -0.3 is 24.5 Å². The SMILES string of the molecule is CCC1CN(c2nc3c(OC(F)(F)F)c(C(C)(C)O)cc(-c4nccs4)c3o2)CC(CC)N1. The second-order valence-corrected chi connectivity index (χ2v) is 9.60. The molecule has 180 valence electrons. The number of benzene rings is 1. The number of rotatable bonds is 6. The fraction of sp³-hybridized carbons (Fsp3) is 0.545. The highest BCUT2D eigenvalue weighted by atomic mass is 32.1. The van der Waals surface area contributed by atoms with Gasteiger partial charge in [-0.25, -0.2) is 4.98 Å². The van der Waals surface area contributed by atoms with Crippen LogP contribution in [0.1, 0.15) is 46.1 Å². The summed E-state index contributed by atoms with van der Waals surface area (Å²) < 4.78 is 50.6. The van der Waals surface area contributed by atoms with Gasteiger partial charge in [-0.3, -0.25) is 0 Å². The molecule has 4 rings (SSSR count). The number of oxazole rings is 1. The Balaban J connectivity index is 1.94. The molecule has 33 heavy (non-hydrogen) atoms. The lowest BCUT2D eigenvalue weighted by Gasteiger charge is -2.37. The largest absolute Gasteiger partial charge is 0.573 e.